The van der Waals surface area contributed by atoms with Crippen LogP contribution in [0.4, 0.5) is 24.5 Å². The second kappa shape index (κ2) is 7.16. The summed E-state index contributed by atoms with van der Waals surface area (Å²) in [4.78, 5) is 16.7. The van der Waals surface area contributed by atoms with Gasteiger partial charge in [-0.3, -0.25) is 14.5 Å². The third kappa shape index (κ3) is 3.51. The number of rotatable bonds is 4. The van der Waals surface area contributed by atoms with E-state index in [1.165, 1.54) is 12.1 Å². The second-order valence-corrected chi connectivity index (χ2v) is 7.48. The van der Waals surface area contributed by atoms with Crippen molar-refractivity contribution in [3.8, 4) is 11.4 Å². The molecule has 1 amide bonds. The molecule has 0 radical (unpaired) electrons. The van der Waals surface area contributed by atoms with Crippen molar-refractivity contribution in [1.29, 1.82) is 0 Å². The van der Waals surface area contributed by atoms with Crippen LogP contribution in [0, 0.1) is 0 Å². The Hall–Kier alpha value is -3.36. The van der Waals surface area contributed by atoms with Gasteiger partial charge in [0, 0.05) is 25.5 Å². The number of hydrogen-bond donors (Lipinski definition) is 2. The van der Waals surface area contributed by atoms with E-state index in [1.807, 2.05) is 13.0 Å². The molecular weight excluding hydrogens is 395 g/mol. The fourth-order valence-corrected chi connectivity index (χ4v) is 3.69. The van der Waals surface area contributed by atoms with Crippen LogP contribution in [0.1, 0.15) is 24.6 Å². The molecule has 3 heterocycles. The molecule has 0 aliphatic carbocycles. The summed E-state index contributed by atoms with van der Waals surface area (Å²) in [7, 11) is 1.78. The minimum atomic E-state index is -4.38. The standard InChI is InChI=1S/C21H20F3N5O/c1-20(9-11-26-19(20)30)17-12-16(28-29(17)2)18-15(4-3-10-25-18)27-14-7-5-13(6-8-14)21(22,23)24/h3-8,10,12,27H,9,11H2,1-2H3,(H,26,30). The summed E-state index contributed by atoms with van der Waals surface area (Å²) in [5, 5.41) is 10.5. The minimum Gasteiger partial charge on any atom is -0.355 e. The Bertz CT molecular complexity index is 1090. The van der Waals surface area contributed by atoms with Gasteiger partial charge in [0.1, 0.15) is 11.4 Å². The normalized spacial score (nSPS) is 19.0. The number of nitrogens with zero attached hydrogens (tertiary/aromatic N) is 3. The summed E-state index contributed by atoms with van der Waals surface area (Å²) in [5.41, 5.74) is 1.61. The van der Waals surface area contributed by atoms with Crippen molar-refractivity contribution < 1.29 is 18.0 Å². The van der Waals surface area contributed by atoms with Gasteiger partial charge < -0.3 is 10.6 Å². The number of anilines is 2. The zero-order chi connectivity index (χ0) is 21.5. The van der Waals surface area contributed by atoms with Crippen LogP contribution in [-0.2, 0) is 23.4 Å². The van der Waals surface area contributed by atoms with Crippen LogP contribution in [0.5, 0.6) is 0 Å². The molecule has 6 nitrogen and oxygen atoms in total. The van der Waals surface area contributed by atoms with E-state index < -0.39 is 17.2 Å². The summed E-state index contributed by atoms with van der Waals surface area (Å²) in [6.07, 6.45) is -2.10. The average molecular weight is 415 g/mol. The molecule has 1 unspecified atom stereocenters. The van der Waals surface area contributed by atoms with E-state index >= 15 is 0 Å². The zero-order valence-corrected chi connectivity index (χ0v) is 16.4. The number of pyridine rings is 1. The maximum atomic E-state index is 12.8. The van der Waals surface area contributed by atoms with Crippen molar-refractivity contribution in [3.05, 3.63) is 59.9 Å². The summed E-state index contributed by atoms with van der Waals surface area (Å²) in [5.74, 6) is -0.0406. The zero-order valence-electron chi connectivity index (χ0n) is 16.4. The third-order valence-corrected chi connectivity index (χ3v) is 5.40. The molecule has 4 rings (SSSR count). The number of aryl methyl sites for hydroxylation is 1. The van der Waals surface area contributed by atoms with Crippen LogP contribution in [0.3, 0.4) is 0 Å². The highest BCUT2D eigenvalue weighted by molar-refractivity contribution is 5.90. The number of alkyl halides is 3. The highest BCUT2D eigenvalue weighted by Crippen LogP contribution is 2.35. The largest absolute Gasteiger partial charge is 0.416 e. The Balaban J connectivity index is 1.66. The molecule has 9 heteroatoms. The van der Waals surface area contributed by atoms with Crippen molar-refractivity contribution in [2.24, 2.45) is 7.05 Å². The topological polar surface area (TPSA) is 71.8 Å². The minimum absolute atomic E-state index is 0.0406. The van der Waals surface area contributed by atoms with E-state index in [0.717, 1.165) is 17.8 Å². The number of aromatic nitrogens is 3. The van der Waals surface area contributed by atoms with Crippen LogP contribution in [0.15, 0.2) is 48.7 Å². The highest BCUT2D eigenvalue weighted by atomic mass is 19.4. The first kappa shape index (κ1) is 19.9. The van der Waals surface area contributed by atoms with E-state index in [9.17, 15) is 18.0 Å². The molecule has 3 aromatic rings. The molecule has 1 saturated heterocycles. The van der Waals surface area contributed by atoms with Crippen LogP contribution in [0.2, 0.25) is 0 Å². The van der Waals surface area contributed by atoms with Crippen molar-refractivity contribution in [2.45, 2.75) is 24.9 Å². The van der Waals surface area contributed by atoms with E-state index in [2.05, 4.69) is 20.7 Å². The lowest BCUT2D eigenvalue weighted by atomic mass is 9.85. The first-order chi connectivity index (χ1) is 14.2. The number of carbonyl (C=O) groups excluding carboxylic acids is 1. The molecular formula is C21H20F3N5O. The Morgan fingerprint density at radius 3 is 2.57 bits per heavy atom. The van der Waals surface area contributed by atoms with Gasteiger partial charge in [-0.15, -0.1) is 0 Å². The van der Waals surface area contributed by atoms with Gasteiger partial charge in [0.05, 0.1) is 22.4 Å². The lowest BCUT2D eigenvalue weighted by Crippen LogP contribution is -2.34. The monoisotopic (exact) mass is 415 g/mol. The van der Waals surface area contributed by atoms with Crippen LogP contribution >= 0.6 is 0 Å². The van der Waals surface area contributed by atoms with E-state index in [4.69, 9.17) is 0 Å². The van der Waals surface area contributed by atoms with Crippen molar-refractivity contribution in [1.82, 2.24) is 20.1 Å². The Kier molecular flexibility index (Phi) is 4.76. The van der Waals surface area contributed by atoms with Gasteiger partial charge in [0.15, 0.2) is 0 Å². The summed E-state index contributed by atoms with van der Waals surface area (Å²) in [6.45, 7) is 2.50. The summed E-state index contributed by atoms with van der Waals surface area (Å²) in [6, 6.07) is 10.1. The highest BCUT2D eigenvalue weighted by Gasteiger charge is 2.42. The molecule has 1 aliphatic rings. The molecule has 1 fully saturated rings. The lowest BCUT2D eigenvalue weighted by molar-refractivity contribution is -0.137. The van der Waals surface area contributed by atoms with Gasteiger partial charge in [-0.25, -0.2) is 0 Å². The Morgan fingerprint density at radius 2 is 1.93 bits per heavy atom. The Morgan fingerprint density at radius 1 is 1.20 bits per heavy atom. The summed E-state index contributed by atoms with van der Waals surface area (Å²) < 4.78 is 40.0. The van der Waals surface area contributed by atoms with Crippen LogP contribution in [0.25, 0.3) is 11.4 Å². The van der Waals surface area contributed by atoms with E-state index in [1.54, 1.807) is 30.1 Å². The number of hydrogen-bond acceptors (Lipinski definition) is 4. The number of halogens is 3. The van der Waals surface area contributed by atoms with E-state index in [-0.39, 0.29) is 5.91 Å². The molecule has 1 atom stereocenters. The van der Waals surface area contributed by atoms with Crippen LogP contribution < -0.4 is 10.6 Å². The SMILES string of the molecule is Cn1nc(-c2ncccc2Nc2ccc(C(F)(F)F)cc2)cc1C1(C)CCNC1=O. The molecule has 1 aliphatic heterocycles. The maximum Gasteiger partial charge on any atom is 0.416 e. The molecule has 0 bridgehead atoms. The van der Waals surface area contributed by atoms with Gasteiger partial charge in [-0.1, -0.05) is 0 Å². The molecule has 2 N–H and O–H groups in total. The van der Waals surface area contributed by atoms with Crippen molar-refractivity contribution in [3.63, 3.8) is 0 Å². The van der Waals surface area contributed by atoms with Crippen molar-refractivity contribution >= 4 is 17.3 Å². The molecule has 1 aromatic carbocycles. The lowest BCUT2D eigenvalue weighted by Gasteiger charge is -2.20. The van der Waals surface area contributed by atoms with Gasteiger partial charge in [-0.05, 0) is 55.8 Å². The summed E-state index contributed by atoms with van der Waals surface area (Å²) >= 11 is 0. The average Bonchev–Trinajstić information content (AvgIpc) is 3.25. The molecule has 30 heavy (non-hydrogen) atoms. The molecule has 0 spiro atoms. The van der Waals surface area contributed by atoms with Gasteiger partial charge in [-0.2, -0.15) is 18.3 Å². The smallest absolute Gasteiger partial charge is 0.355 e. The predicted molar refractivity (Wildman–Crippen MR) is 106 cm³/mol. The predicted octanol–water partition coefficient (Wildman–Crippen LogP) is 4.02. The quantitative estimate of drug-likeness (QED) is 0.675. The second-order valence-electron chi connectivity index (χ2n) is 7.48. The number of carbonyl (C=O) groups is 1. The van der Waals surface area contributed by atoms with Gasteiger partial charge in [0.25, 0.3) is 0 Å². The molecule has 2 aromatic heterocycles. The number of benzene rings is 1. The maximum absolute atomic E-state index is 12.8. The third-order valence-electron chi connectivity index (χ3n) is 5.40. The van der Waals surface area contributed by atoms with Crippen molar-refractivity contribution in [2.75, 3.05) is 11.9 Å². The van der Waals surface area contributed by atoms with Crippen LogP contribution in [-0.4, -0.2) is 27.2 Å². The molecule has 0 saturated carbocycles. The fourth-order valence-electron chi connectivity index (χ4n) is 3.69. The number of amides is 1. The van der Waals surface area contributed by atoms with E-state index in [0.29, 0.717) is 35.7 Å². The first-order valence-electron chi connectivity index (χ1n) is 9.41. The molecule has 156 valence electrons. The number of nitrogens with one attached hydrogen (secondary N) is 2. The Labute approximate surface area is 171 Å². The fraction of sp³-hybridized carbons (Fsp3) is 0.286. The first-order valence-corrected chi connectivity index (χ1v) is 9.41. The van der Waals surface area contributed by atoms with Gasteiger partial charge in [0.2, 0.25) is 5.91 Å². The van der Waals surface area contributed by atoms with Gasteiger partial charge >= 0.3 is 6.18 Å².